The molecule has 0 spiro atoms. The predicted octanol–water partition coefficient (Wildman–Crippen LogP) is 5.29. The van der Waals surface area contributed by atoms with Crippen molar-refractivity contribution in [2.75, 3.05) is 11.6 Å². The maximum absolute atomic E-state index is 12.1. The summed E-state index contributed by atoms with van der Waals surface area (Å²) in [5.41, 5.74) is 6.77. The highest BCUT2D eigenvalue weighted by Gasteiger charge is 2.26. The monoisotopic (exact) mass is 383 g/mol. The number of aryl methyl sites for hydroxylation is 4. The molecule has 0 fully saturated rings. The van der Waals surface area contributed by atoms with Crippen LogP contribution in [0.3, 0.4) is 0 Å². The average molecular weight is 384 g/mol. The SMILES string of the molecule is CCc1cc(=O)oc2c3c(c(Cl)cc12)OCN(c1c(C)cc(C)cc1C)C3. The molecule has 140 valence electrons. The Morgan fingerprint density at radius 3 is 2.48 bits per heavy atom. The second-order valence-electron chi connectivity index (χ2n) is 7.21. The van der Waals surface area contributed by atoms with E-state index in [1.807, 2.05) is 13.0 Å². The zero-order chi connectivity index (χ0) is 19.3. The maximum atomic E-state index is 12.1. The first-order valence-electron chi connectivity index (χ1n) is 9.12. The molecule has 3 aromatic rings. The molecule has 0 N–H and O–H groups in total. The van der Waals surface area contributed by atoms with Gasteiger partial charge in [-0.2, -0.15) is 0 Å². The van der Waals surface area contributed by atoms with E-state index in [2.05, 4.69) is 37.8 Å². The van der Waals surface area contributed by atoms with Crippen LogP contribution in [0.2, 0.25) is 5.02 Å². The van der Waals surface area contributed by atoms with Crippen molar-refractivity contribution in [2.24, 2.45) is 0 Å². The van der Waals surface area contributed by atoms with Crippen LogP contribution in [0.25, 0.3) is 11.0 Å². The van der Waals surface area contributed by atoms with Crippen molar-refractivity contribution in [3.05, 3.63) is 67.5 Å². The van der Waals surface area contributed by atoms with Gasteiger partial charge < -0.3 is 14.1 Å². The number of hydrogen-bond donors (Lipinski definition) is 0. The van der Waals surface area contributed by atoms with E-state index >= 15 is 0 Å². The number of hydrogen-bond acceptors (Lipinski definition) is 4. The minimum atomic E-state index is -0.344. The largest absolute Gasteiger partial charge is 0.471 e. The normalized spacial score (nSPS) is 13.6. The molecule has 5 heteroatoms. The highest BCUT2D eigenvalue weighted by molar-refractivity contribution is 6.33. The van der Waals surface area contributed by atoms with Crippen molar-refractivity contribution in [1.29, 1.82) is 0 Å². The molecule has 1 aliphatic heterocycles. The zero-order valence-corrected chi connectivity index (χ0v) is 16.7. The van der Waals surface area contributed by atoms with Gasteiger partial charge in [0.25, 0.3) is 0 Å². The van der Waals surface area contributed by atoms with E-state index < -0.39 is 0 Å². The van der Waals surface area contributed by atoms with Crippen LogP contribution in [0.15, 0.2) is 33.5 Å². The Morgan fingerprint density at radius 2 is 1.81 bits per heavy atom. The van der Waals surface area contributed by atoms with Crippen LogP contribution in [0, 0.1) is 20.8 Å². The smallest absolute Gasteiger partial charge is 0.336 e. The average Bonchev–Trinajstić information content (AvgIpc) is 2.61. The molecule has 0 radical (unpaired) electrons. The lowest BCUT2D eigenvalue weighted by atomic mass is 10.0. The third-order valence-corrected chi connectivity index (χ3v) is 5.45. The van der Waals surface area contributed by atoms with Gasteiger partial charge >= 0.3 is 5.63 Å². The van der Waals surface area contributed by atoms with Crippen LogP contribution in [0.5, 0.6) is 5.75 Å². The van der Waals surface area contributed by atoms with Crippen molar-refractivity contribution in [1.82, 2.24) is 0 Å². The van der Waals surface area contributed by atoms with E-state index in [0.717, 1.165) is 28.6 Å². The van der Waals surface area contributed by atoms with Crippen molar-refractivity contribution in [3.8, 4) is 5.75 Å². The highest BCUT2D eigenvalue weighted by Crippen LogP contribution is 2.41. The summed E-state index contributed by atoms with van der Waals surface area (Å²) in [5, 5.41) is 1.43. The number of halogens is 1. The quantitative estimate of drug-likeness (QED) is 0.564. The van der Waals surface area contributed by atoms with Gasteiger partial charge in [0, 0.05) is 17.1 Å². The third kappa shape index (κ3) is 2.98. The minimum Gasteiger partial charge on any atom is -0.471 e. The number of benzene rings is 2. The highest BCUT2D eigenvalue weighted by atomic mass is 35.5. The van der Waals surface area contributed by atoms with Crippen molar-refractivity contribution < 1.29 is 9.15 Å². The van der Waals surface area contributed by atoms with E-state index in [0.29, 0.717) is 29.6 Å². The molecule has 0 bridgehead atoms. The van der Waals surface area contributed by atoms with Crippen LogP contribution in [0.1, 0.15) is 34.7 Å². The fourth-order valence-electron chi connectivity index (χ4n) is 4.16. The lowest BCUT2D eigenvalue weighted by molar-refractivity contribution is 0.289. The lowest BCUT2D eigenvalue weighted by Gasteiger charge is -2.33. The van der Waals surface area contributed by atoms with Gasteiger partial charge in [-0.1, -0.05) is 36.2 Å². The first kappa shape index (κ1) is 17.9. The van der Waals surface area contributed by atoms with Crippen LogP contribution < -0.4 is 15.3 Å². The molecule has 4 nitrogen and oxygen atoms in total. The van der Waals surface area contributed by atoms with Gasteiger partial charge in [0.1, 0.15) is 11.3 Å². The molecule has 0 atom stereocenters. The van der Waals surface area contributed by atoms with Crippen LogP contribution >= 0.6 is 11.6 Å². The molecule has 27 heavy (non-hydrogen) atoms. The first-order valence-corrected chi connectivity index (χ1v) is 9.50. The topological polar surface area (TPSA) is 42.7 Å². The summed E-state index contributed by atoms with van der Waals surface area (Å²) in [7, 11) is 0. The number of rotatable bonds is 2. The Hall–Kier alpha value is -2.46. The van der Waals surface area contributed by atoms with Gasteiger partial charge in [0.2, 0.25) is 0 Å². The van der Waals surface area contributed by atoms with Crippen molar-refractivity contribution in [3.63, 3.8) is 0 Å². The number of fused-ring (bicyclic) bond motifs is 3. The summed E-state index contributed by atoms with van der Waals surface area (Å²) < 4.78 is 11.6. The fourth-order valence-corrected chi connectivity index (χ4v) is 4.44. The second kappa shape index (κ2) is 6.61. The van der Waals surface area contributed by atoms with Gasteiger partial charge in [-0.05, 0) is 49.9 Å². The summed E-state index contributed by atoms with van der Waals surface area (Å²) in [6, 6.07) is 7.72. The molecule has 0 aliphatic carbocycles. The van der Waals surface area contributed by atoms with E-state index in [1.54, 1.807) is 6.07 Å². The van der Waals surface area contributed by atoms with Crippen LogP contribution in [0.4, 0.5) is 5.69 Å². The molecule has 2 aromatic carbocycles. The molecule has 4 rings (SSSR count). The number of ether oxygens (including phenoxy) is 1. The third-order valence-electron chi connectivity index (χ3n) is 5.17. The fraction of sp³-hybridized carbons (Fsp3) is 0.318. The second-order valence-corrected chi connectivity index (χ2v) is 7.61. The van der Waals surface area contributed by atoms with E-state index in [-0.39, 0.29) is 5.63 Å². The summed E-state index contributed by atoms with van der Waals surface area (Å²) in [6.07, 6.45) is 0.734. The summed E-state index contributed by atoms with van der Waals surface area (Å²) in [5.74, 6) is 0.610. The molecule has 0 amide bonds. The van der Waals surface area contributed by atoms with Crippen LogP contribution in [-0.2, 0) is 13.0 Å². The van der Waals surface area contributed by atoms with Crippen molar-refractivity contribution >= 4 is 28.3 Å². The molecule has 1 aliphatic rings. The molecule has 0 unspecified atom stereocenters. The molecule has 0 saturated carbocycles. The Morgan fingerprint density at radius 1 is 1.11 bits per heavy atom. The zero-order valence-electron chi connectivity index (χ0n) is 16.0. The molecular formula is C22H22ClNO3. The van der Waals surface area contributed by atoms with Gasteiger partial charge in [0.15, 0.2) is 6.73 Å². The lowest BCUT2D eigenvalue weighted by Crippen LogP contribution is -2.33. The first-order chi connectivity index (χ1) is 12.9. The van der Waals surface area contributed by atoms with E-state index in [4.69, 9.17) is 20.8 Å². The summed E-state index contributed by atoms with van der Waals surface area (Å²) >= 11 is 6.50. The predicted molar refractivity (Wildman–Crippen MR) is 109 cm³/mol. The Labute approximate surface area is 163 Å². The molecule has 2 heterocycles. The van der Waals surface area contributed by atoms with E-state index in [9.17, 15) is 4.79 Å². The Kier molecular flexibility index (Phi) is 4.39. The molecule has 0 saturated heterocycles. The molecule has 1 aromatic heterocycles. The molecular weight excluding hydrogens is 362 g/mol. The van der Waals surface area contributed by atoms with Gasteiger partial charge in [-0.25, -0.2) is 4.79 Å². The Bertz CT molecular complexity index is 1090. The minimum absolute atomic E-state index is 0.344. The van der Waals surface area contributed by atoms with Gasteiger partial charge in [-0.3, -0.25) is 0 Å². The number of anilines is 1. The summed E-state index contributed by atoms with van der Waals surface area (Å²) in [6.45, 7) is 9.31. The maximum Gasteiger partial charge on any atom is 0.336 e. The van der Waals surface area contributed by atoms with Crippen LogP contribution in [-0.4, -0.2) is 6.73 Å². The van der Waals surface area contributed by atoms with E-state index in [1.165, 1.54) is 16.7 Å². The van der Waals surface area contributed by atoms with Gasteiger partial charge in [0.05, 0.1) is 17.1 Å². The standard InChI is InChI=1S/C22H22ClNO3/c1-5-15-8-19(25)27-21-16(15)9-18(23)22-17(21)10-24(11-26-22)20-13(3)6-12(2)7-14(20)4/h6-9H,5,10-11H2,1-4H3. The number of nitrogens with zero attached hydrogens (tertiary/aromatic N) is 1. The van der Waals surface area contributed by atoms with Crippen molar-refractivity contribution in [2.45, 2.75) is 40.7 Å². The Balaban J connectivity index is 1.91. The van der Waals surface area contributed by atoms with Gasteiger partial charge in [-0.15, -0.1) is 0 Å². The summed E-state index contributed by atoms with van der Waals surface area (Å²) in [4.78, 5) is 14.2.